The lowest BCUT2D eigenvalue weighted by molar-refractivity contribution is 0.191. The molecule has 1 aromatic carbocycles. The summed E-state index contributed by atoms with van der Waals surface area (Å²) in [5.41, 5.74) is 3.39. The average molecular weight is 329 g/mol. The van der Waals surface area contributed by atoms with Crippen LogP contribution in [-0.2, 0) is 0 Å². The standard InChI is InChI=1S/C19H27N3O2/c1-14(20-19(23)24)18-8-7-17(22-11-9-21(2)10-12-22)13-16(18)6-5-15-3-4-15/h5-8,13-15,20H,3-4,9-12H2,1-2H3,(H,23,24)/b6-5+/t14-/m0/s1. The van der Waals surface area contributed by atoms with E-state index in [1.54, 1.807) is 0 Å². The second-order valence-corrected chi connectivity index (χ2v) is 6.97. The number of nitrogens with one attached hydrogen (secondary N) is 1. The topological polar surface area (TPSA) is 55.8 Å². The molecule has 1 heterocycles. The molecule has 5 nitrogen and oxygen atoms in total. The molecule has 0 aromatic heterocycles. The zero-order valence-electron chi connectivity index (χ0n) is 14.5. The third-order valence-corrected chi connectivity index (χ3v) is 4.92. The minimum atomic E-state index is -0.984. The molecule has 3 rings (SSSR count). The molecule has 1 saturated heterocycles. The van der Waals surface area contributed by atoms with E-state index >= 15 is 0 Å². The van der Waals surface area contributed by atoms with Crippen LogP contribution in [0.15, 0.2) is 24.3 Å². The largest absolute Gasteiger partial charge is 0.465 e. The number of allylic oxidation sites excluding steroid dienone is 1. The summed E-state index contributed by atoms with van der Waals surface area (Å²) in [6.07, 6.45) is 6.00. The van der Waals surface area contributed by atoms with Crippen molar-refractivity contribution in [3.63, 3.8) is 0 Å². The molecule has 0 unspecified atom stereocenters. The highest BCUT2D eigenvalue weighted by molar-refractivity contribution is 5.67. The lowest BCUT2D eigenvalue weighted by Crippen LogP contribution is -2.44. The molecule has 1 amide bonds. The van der Waals surface area contributed by atoms with Crippen LogP contribution in [0, 0.1) is 5.92 Å². The van der Waals surface area contributed by atoms with Crippen molar-refractivity contribution in [3.05, 3.63) is 35.4 Å². The Balaban J connectivity index is 1.84. The van der Waals surface area contributed by atoms with Crippen LogP contribution in [0.3, 0.4) is 0 Å². The SMILES string of the molecule is C[C@H](NC(=O)O)c1ccc(N2CCN(C)CC2)cc1/C=C/C1CC1. The molecule has 1 aromatic rings. The molecular weight excluding hydrogens is 302 g/mol. The number of piperazine rings is 1. The lowest BCUT2D eigenvalue weighted by Gasteiger charge is -2.34. The summed E-state index contributed by atoms with van der Waals surface area (Å²) < 4.78 is 0. The van der Waals surface area contributed by atoms with Crippen LogP contribution in [0.4, 0.5) is 10.5 Å². The normalized spacial score (nSPS) is 20.3. The number of likely N-dealkylation sites (N-methyl/N-ethyl adjacent to an activating group) is 1. The van der Waals surface area contributed by atoms with Crippen LogP contribution in [0.1, 0.15) is 36.9 Å². The monoisotopic (exact) mass is 329 g/mol. The lowest BCUT2D eigenvalue weighted by atomic mass is 9.99. The van der Waals surface area contributed by atoms with E-state index in [1.807, 2.05) is 6.92 Å². The molecule has 24 heavy (non-hydrogen) atoms. The zero-order chi connectivity index (χ0) is 17.1. The minimum absolute atomic E-state index is 0.220. The van der Waals surface area contributed by atoms with Gasteiger partial charge in [-0.1, -0.05) is 18.2 Å². The van der Waals surface area contributed by atoms with E-state index in [4.69, 9.17) is 5.11 Å². The second kappa shape index (κ2) is 7.26. The summed E-state index contributed by atoms with van der Waals surface area (Å²) in [5, 5.41) is 11.6. The van der Waals surface area contributed by atoms with Gasteiger partial charge in [-0.05, 0) is 56.0 Å². The van der Waals surface area contributed by atoms with Crippen molar-refractivity contribution < 1.29 is 9.90 Å². The van der Waals surface area contributed by atoms with Gasteiger partial charge in [0.2, 0.25) is 0 Å². The summed E-state index contributed by atoms with van der Waals surface area (Å²) >= 11 is 0. The van der Waals surface area contributed by atoms with E-state index in [2.05, 4.69) is 52.5 Å². The molecule has 2 fully saturated rings. The minimum Gasteiger partial charge on any atom is -0.465 e. The van der Waals surface area contributed by atoms with E-state index in [9.17, 15) is 4.79 Å². The molecule has 0 bridgehead atoms. The maximum Gasteiger partial charge on any atom is 0.405 e. The summed E-state index contributed by atoms with van der Waals surface area (Å²) in [7, 11) is 2.16. The second-order valence-electron chi connectivity index (χ2n) is 6.97. The van der Waals surface area contributed by atoms with Crippen molar-refractivity contribution in [2.45, 2.75) is 25.8 Å². The molecule has 1 saturated carbocycles. The van der Waals surface area contributed by atoms with Crippen molar-refractivity contribution in [3.8, 4) is 0 Å². The third-order valence-electron chi connectivity index (χ3n) is 4.92. The molecule has 2 N–H and O–H groups in total. The van der Waals surface area contributed by atoms with Crippen molar-refractivity contribution >= 4 is 17.9 Å². The van der Waals surface area contributed by atoms with E-state index in [-0.39, 0.29) is 6.04 Å². The molecule has 1 aliphatic heterocycles. The maximum atomic E-state index is 11.0. The van der Waals surface area contributed by atoms with E-state index in [0.717, 1.165) is 37.3 Å². The Kier molecular flexibility index (Phi) is 5.09. The van der Waals surface area contributed by atoms with Gasteiger partial charge in [0, 0.05) is 31.9 Å². The Hall–Kier alpha value is -2.01. The van der Waals surface area contributed by atoms with Crippen LogP contribution in [-0.4, -0.2) is 49.3 Å². The quantitative estimate of drug-likeness (QED) is 0.871. The van der Waals surface area contributed by atoms with E-state index in [0.29, 0.717) is 5.92 Å². The van der Waals surface area contributed by atoms with Gasteiger partial charge in [-0.3, -0.25) is 0 Å². The average Bonchev–Trinajstić information content (AvgIpc) is 3.37. The predicted molar refractivity (Wildman–Crippen MR) is 97.5 cm³/mol. The fourth-order valence-electron chi connectivity index (χ4n) is 3.15. The smallest absolute Gasteiger partial charge is 0.405 e. The van der Waals surface area contributed by atoms with Gasteiger partial charge in [0.15, 0.2) is 0 Å². The predicted octanol–water partition coefficient (Wildman–Crippen LogP) is 3.19. The number of rotatable bonds is 5. The van der Waals surface area contributed by atoms with Crippen LogP contribution >= 0.6 is 0 Å². The summed E-state index contributed by atoms with van der Waals surface area (Å²) in [6, 6.07) is 6.18. The Labute approximate surface area is 143 Å². The van der Waals surface area contributed by atoms with Gasteiger partial charge < -0.3 is 20.2 Å². The number of carbonyl (C=O) groups is 1. The van der Waals surface area contributed by atoms with Gasteiger partial charge in [0.1, 0.15) is 0 Å². The van der Waals surface area contributed by atoms with Crippen LogP contribution < -0.4 is 10.2 Å². The maximum absolute atomic E-state index is 11.0. The molecule has 2 aliphatic rings. The Bertz CT molecular complexity index is 617. The molecule has 1 aliphatic carbocycles. The Morgan fingerprint density at radius 2 is 2.00 bits per heavy atom. The van der Waals surface area contributed by atoms with Crippen LogP contribution in [0.5, 0.6) is 0 Å². The molecule has 1 atom stereocenters. The molecule has 130 valence electrons. The number of amides is 1. The molecule has 5 heteroatoms. The first-order valence-corrected chi connectivity index (χ1v) is 8.78. The summed E-state index contributed by atoms with van der Waals surface area (Å²) in [4.78, 5) is 15.7. The van der Waals surface area contributed by atoms with Gasteiger partial charge in [-0.25, -0.2) is 4.79 Å². The van der Waals surface area contributed by atoms with E-state index < -0.39 is 6.09 Å². The molecule has 0 radical (unpaired) electrons. The molecule has 0 spiro atoms. The highest BCUT2D eigenvalue weighted by Crippen LogP contribution is 2.32. The first-order chi connectivity index (χ1) is 11.5. The Morgan fingerprint density at radius 3 is 2.62 bits per heavy atom. The highest BCUT2D eigenvalue weighted by atomic mass is 16.4. The number of benzene rings is 1. The number of carboxylic acid groups (broad SMARTS) is 1. The van der Waals surface area contributed by atoms with Crippen molar-refractivity contribution in [2.24, 2.45) is 5.92 Å². The first kappa shape index (κ1) is 16.8. The van der Waals surface area contributed by atoms with Crippen molar-refractivity contribution in [2.75, 3.05) is 38.1 Å². The van der Waals surface area contributed by atoms with Gasteiger partial charge in [-0.2, -0.15) is 0 Å². The fraction of sp³-hybridized carbons (Fsp3) is 0.526. The summed E-state index contributed by atoms with van der Waals surface area (Å²) in [6.45, 7) is 6.11. The van der Waals surface area contributed by atoms with Gasteiger partial charge in [0.25, 0.3) is 0 Å². The van der Waals surface area contributed by atoms with Gasteiger partial charge >= 0.3 is 6.09 Å². The van der Waals surface area contributed by atoms with E-state index in [1.165, 1.54) is 18.5 Å². The first-order valence-electron chi connectivity index (χ1n) is 8.78. The number of anilines is 1. The third kappa shape index (κ3) is 4.29. The van der Waals surface area contributed by atoms with Crippen LogP contribution in [0.2, 0.25) is 0 Å². The van der Waals surface area contributed by atoms with Gasteiger partial charge in [-0.15, -0.1) is 0 Å². The zero-order valence-corrected chi connectivity index (χ0v) is 14.5. The Morgan fingerprint density at radius 1 is 1.29 bits per heavy atom. The summed E-state index contributed by atoms with van der Waals surface area (Å²) in [5.74, 6) is 0.702. The number of hydrogen-bond donors (Lipinski definition) is 2. The highest BCUT2D eigenvalue weighted by Gasteiger charge is 2.19. The van der Waals surface area contributed by atoms with Crippen LogP contribution in [0.25, 0.3) is 6.08 Å². The number of nitrogens with zero attached hydrogens (tertiary/aromatic N) is 2. The van der Waals surface area contributed by atoms with Crippen molar-refractivity contribution in [1.82, 2.24) is 10.2 Å². The van der Waals surface area contributed by atoms with Gasteiger partial charge in [0.05, 0.1) is 6.04 Å². The van der Waals surface area contributed by atoms with Crippen molar-refractivity contribution in [1.29, 1.82) is 0 Å². The fourth-order valence-corrected chi connectivity index (χ4v) is 3.15. The molecular formula is C19H27N3O2. The number of hydrogen-bond acceptors (Lipinski definition) is 3.